The Morgan fingerprint density at radius 3 is 2.71 bits per heavy atom. The van der Waals surface area contributed by atoms with Crippen molar-refractivity contribution >= 4 is 0 Å². The van der Waals surface area contributed by atoms with Gasteiger partial charge in [0.1, 0.15) is 5.75 Å². The minimum Gasteiger partial charge on any atom is -0.493 e. The van der Waals surface area contributed by atoms with Crippen LogP contribution in [0.15, 0.2) is 18.2 Å². The zero-order chi connectivity index (χ0) is 15.7. The highest BCUT2D eigenvalue weighted by Crippen LogP contribution is 2.36. The molecule has 1 aromatic rings. The third-order valence-electron chi connectivity index (χ3n) is 2.80. The predicted octanol–water partition coefficient (Wildman–Crippen LogP) is 3.89. The second-order valence-corrected chi connectivity index (χ2v) is 4.62. The van der Waals surface area contributed by atoms with Crippen LogP contribution in [0.5, 0.6) is 5.75 Å². The van der Waals surface area contributed by atoms with Crippen LogP contribution in [0.3, 0.4) is 0 Å². The van der Waals surface area contributed by atoms with E-state index in [0.717, 1.165) is 19.0 Å². The minimum atomic E-state index is -4.45. The summed E-state index contributed by atoms with van der Waals surface area (Å²) >= 11 is 0. The number of hydrogen-bond acceptors (Lipinski definition) is 3. The van der Waals surface area contributed by atoms with Crippen LogP contribution >= 0.6 is 0 Å². The summed E-state index contributed by atoms with van der Waals surface area (Å²) in [4.78, 5) is 0. The highest BCUT2D eigenvalue weighted by molar-refractivity contribution is 5.39. The van der Waals surface area contributed by atoms with Crippen molar-refractivity contribution in [1.29, 1.82) is 5.26 Å². The van der Waals surface area contributed by atoms with Crippen LogP contribution in [0.4, 0.5) is 13.2 Å². The molecule has 0 aliphatic rings. The smallest absolute Gasteiger partial charge is 0.419 e. The molecule has 0 atom stereocenters. The van der Waals surface area contributed by atoms with Gasteiger partial charge in [-0.25, -0.2) is 0 Å². The Balaban J connectivity index is 2.80. The molecular formula is C15H19F3N2O. The van der Waals surface area contributed by atoms with E-state index < -0.39 is 11.7 Å². The fourth-order valence-electron chi connectivity index (χ4n) is 1.78. The number of nitriles is 1. The van der Waals surface area contributed by atoms with Crippen molar-refractivity contribution in [3.63, 3.8) is 0 Å². The van der Waals surface area contributed by atoms with Crippen molar-refractivity contribution < 1.29 is 17.9 Å². The summed E-state index contributed by atoms with van der Waals surface area (Å²) in [5.74, 6) is -0.181. The molecule has 1 rings (SSSR count). The molecule has 0 fully saturated rings. The Bertz CT molecular complexity index is 481. The predicted molar refractivity (Wildman–Crippen MR) is 73.8 cm³/mol. The second-order valence-electron chi connectivity index (χ2n) is 4.62. The summed E-state index contributed by atoms with van der Waals surface area (Å²) in [7, 11) is 0. The lowest BCUT2D eigenvalue weighted by Gasteiger charge is -2.15. The van der Waals surface area contributed by atoms with E-state index in [2.05, 4.69) is 5.32 Å². The summed E-state index contributed by atoms with van der Waals surface area (Å²) in [6.07, 6.45) is -2.86. The van der Waals surface area contributed by atoms with E-state index in [-0.39, 0.29) is 18.8 Å². The van der Waals surface area contributed by atoms with Crippen molar-refractivity contribution in [3.8, 4) is 11.8 Å². The highest BCUT2D eigenvalue weighted by atomic mass is 19.4. The zero-order valence-corrected chi connectivity index (χ0v) is 12.0. The van der Waals surface area contributed by atoms with Crippen molar-refractivity contribution in [2.24, 2.45) is 0 Å². The molecular weight excluding hydrogens is 281 g/mol. The summed E-state index contributed by atoms with van der Waals surface area (Å²) in [5.41, 5.74) is -0.199. The van der Waals surface area contributed by atoms with Crippen LogP contribution in [0, 0.1) is 11.3 Å². The summed E-state index contributed by atoms with van der Waals surface area (Å²) in [5, 5.41) is 11.5. The number of halogens is 3. The van der Waals surface area contributed by atoms with Gasteiger partial charge in [0.2, 0.25) is 0 Å². The van der Waals surface area contributed by atoms with E-state index in [0.29, 0.717) is 18.5 Å². The van der Waals surface area contributed by atoms with Crippen LogP contribution in [0.1, 0.15) is 37.3 Å². The third-order valence-corrected chi connectivity index (χ3v) is 2.80. The van der Waals surface area contributed by atoms with Crippen LogP contribution in [0.2, 0.25) is 0 Å². The number of nitrogens with one attached hydrogen (secondary N) is 1. The van der Waals surface area contributed by atoms with Crippen LogP contribution < -0.4 is 10.1 Å². The summed E-state index contributed by atoms with van der Waals surface area (Å²) in [6, 6.07) is 6.01. The number of nitrogens with zero attached hydrogens (tertiary/aromatic N) is 1. The van der Waals surface area contributed by atoms with Gasteiger partial charge in [-0.2, -0.15) is 18.4 Å². The van der Waals surface area contributed by atoms with Gasteiger partial charge in [-0.1, -0.05) is 13.0 Å². The Morgan fingerprint density at radius 2 is 2.10 bits per heavy atom. The molecule has 0 amide bonds. The number of ether oxygens (including phenoxy) is 1. The quantitative estimate of drug-likeness (QED) is 0.741. The van der Waals surface area contributed by atoms with Gasteiger partial charge in [-0.3, -0.25) is 0 Å². The molecule has 0 spiro atoms. The maximum Gasteiger partial charge on any atom is 0.419 e. The molecule has 0 aliphatic carbocycles. The molecule has 0 aromatic heterocycles. The number of benzene rings is 1. The lowest BCUT2D eigenvalue weighted by Crippen LogP contribution is -2.15. The Morgan fingerprint density at radius 1 is 1.33 bits per heavy atom. The molecule has 1 aromatic carbocycles. The lowest BCUT2D eigenvalue weighted by molar-refractivity contribution is -0.139. The van der Waals surface area contributed by atoms with Crippen LogP contribution in [0.25, 0.3) is 0 Å². The topological polar surface area (TPSA) is 45.0 Å². The monoisotopic (exact) mass is 300 g/mol. The molecule has 0 heterocycles. The first kappa shape index (κ1) is 17.3. The van der Waals surface area contributed by atoms with E-state index in [1.54, 1.807) is 6.07 Å². The standard InChI is InChI=1S/C15H19F3N2O/c1-2-8-20-11-12-5-6-14(21-9-4-3-7-19)13(10-12)15(16,17)18/h5-6,10,20H,2-4,8-9,11H2,1H3. The second kappa shape index (κ2) is 8.53. The average molecular weight is 300 g/mol. The number of hydrogen-bond donors (Lipinski definition) is 1. The van der Waals surface area contributed by atoms with Gasteiger partial charge in [0.15, 0.2) is 0 Å². The van der Waals surface area contributed by atoms with Crippen LogP contribution in [-0.2, 0) is 12.7 Å². The first-order valence-electron chi connectivity index (χ1n) is 6.89. The van der Waals surface area contributed by atoms with E-state index in [1.165, 1.54) is 6.07 Å². The molecule has 0 bridgehead atoms. The lowest BCUT2D eigenvalue weighted by atomic mass is 10.1. The molecule has 0 radical (unpaired) electrons. The van der Waals surface area contributed by atoms with Crippen molar-refractivity contribution in [2.45, 2.75) is 38.9 Å². The zero-order valence-electron chi connectivity index (χ0n) is 12.0. The summed E-state index contributed by atoms with van der Waals surface area (Å²) < 4.78 is 44.3. The highest BCUT2D eigenvalue weighted by Gasteiger charge is 2.34. The maximum atomic E-state index is 13.0. The molecule has 116 valence electrons. The Hall–Kier alpha value is -1.74. The molecule has 0 saturated heterocycles. The van der Waals surface area contributed by atoms with Gasteiger partial charge in [0.25, 0.3) is 0 Å². The van der Waals surface area contributed by atoms with E-state index >= 15 is 0 Å². The van der Waals surface area contributed by atoms with E-state index in [9.17, 15) is 13.2 Å². The molecule has 6 heteroatoms. The fourth-order valence-corrected chi connectivity index (χ4v) is 1.78. The summed E-state index contributed by atoms with van der Waals surface area (Å²) in [6.45, 7) is 3.25. The average Bonchev–Trinajstić information content (AvgIpc) is 2.44. The number of alkyl halides is 3. The molecule has 0 aliphatic heterocycles. The van der Waals surface area contributed by atoms with E-state index in [4.69, 9.17) is 10.00 Å². The Kier molecular flexibility index (Phi) is 7.03. The normalized spacial score (nSPS) is 11.2. The molecule has 21 heavy (non-hydrogen) atoms. The largest absolute Gasteiger partial charge is 0.493 e. The molecule has 3 nitrogen and oxygen atoms in total. The molecule has 0 unspecified atom stereocenters. The Labute approximate surface area is 122 Å². The van der Waals surface area contributed by atoms with Gasteiger partial charge < -0.3 is 10.1 Å². The SMILES string of the molecule is CCCNCc1ccc(OCCCC#N)c(C(F)(F)F)c1. The maximum absolute atomic E-state index is 13.0. The molecule has 1 N–H and O–H groups in total. The number of unbranched alkanes of at least 4 members (excludes halogenated alkanes) is 1. The molecule has 0 saturated carbocycles. The van der Waals surface area contributed by atoms with Gasteiger partial charge >= 0.3 is 6.18 Å². The van der Waals surface area contributed by atoms with Crippen LogP contribution in [-0.4, -0.2) is 13.2 Å². The van der Waals surface area contributed by atoms with Gasteiger partial charge in [0, 0.05) is 13.0 Å². The number of rotatable bonds is 8. The van der Waals surface area contributed by atoms with E-state index in [1.807, 2.05) is 13.0 Å². The first-order valence-corrected chi connectivity index (χ1v) is 6.89. The van der Waals surface area contributed by atoms with Gasteiger partial charge in [-0.15, -0.1) is 0 Å². The van der Waals surface area contributed by atoms with Crippen molar-refractivity contribution in [1.82, 2.24) is 5.32 Å². The van der Waals surface area contributed by atoms with Crippen molar-refractivity contribution in [3.05, 3.63) is 29.3 Å². The fraction of sp³-hybridized carbons (Fsp3) is 0.533. The van der Waals surface area contributed by atoms with Crippen molar-refractivity contribution in [2.75, 3.05) is 13.2 Å². The first-order chi connectivity index (χ1) is 9.99. The van der Waals surface area contributed by atoms with Gasteiger partial charge in [-0.05, 0) is 37.1 Å². The van der Waals surface area contributed by atoms with Gasteiger partial charge in [0.05, 0.1) is 18.2 Å². The minimum absolute atomic E-state index is 0.101. The third kappa shape index (κ3) is 6.05.